The number of hydrogen-bond acceptors (Lipinski definition) is 5. The van der Waals surface area contributed by atoms with Crippen molar-refractivity contribution in [3.63, 3.8) is 0 Å². The van der Waals surface area contributed by atoms with Gasteiger partial charge in [0.05, 0.1) is 0 Å². The first-order valence-corrected chi connectivity index (χ1v) is 6.38. The van der Waals surface area contributed by atoms with Crippen molar-refractivity contribution in [1.29, 1.82) is 5.26 Å². The van der Waals surface area contributed by atoms with E-state index in [4.69, 9.17) is 15.1 Å². The lowest BCUT2D eigenvalue weighted by Gasteiger charge is -2.10. The van der Waals surface area contributed by atoms with Crippen LogP contribution in [0.1, 0.15) is 5.69 Å². The predicted molar refractivity (Wildman–Crippen MR) is 77.2 cm³/mol. The number of carboxylic acid groups (broad SMARTS) is 1. The van der Waals surface area contributed by atoms with Crippen LogP contribution in [0.15, 0.2) is 36.4 Å². The number of carbonyl (C=O) groups is 1. The molecule has 1 aromatic heterocycles. The van der Waals surface area contributed by atoms with Crippen LogP contribution in [0.4, 0.5) is 0 Å². The minimum atomic E-state index is -1.04. The van der Waals surface area contributed by atoms with E-state index in [2.05, 4.69) is 15.4 Å². The van der Waals surface area contributed by atoms with Gasteiger partial charge in [-0.15, -0.1) is 5.10 Å². The van der Waals surface area contributed by atoms with Gasteiger partial charge in [0.25, 0.3) is 0 Å². The van der Waals surface area contributed by atoms with Crippen molar-refractivity contribution < 1.29 is 14.6 Å². The van der Waals surface area contributed by atoms with Crippen LogP contribution in [0.25, 0.3) is 22.0 Å². The molecule has 0 spiro atoms. The molecular formula is C15H10N4O3. The third kappa shape index (κ3) is 2.33. The van der Waals surface area contributed by atoms with Gasteiger partial charge in [-0.1, -0.05) is 29.5 Å². The predicted octanol–water partition coefficient (Wildman–Crippen LogP) is 1.96. The Morgan fingerprint density at radius 2 is 2.05 bits per heavy atom. The van der Waals surface area contributed by atoms with Crippen LogP contribution >= 0.6 is 0 Å². The summed E-state index contributed by atoms with van der Waals surface area (Å²) in [6.07, 6.45) is 0. The zero-order valence-corrected chi connectivity index (χ0v) is 11.3. The molecule has 3 rings (SSSR count). The number of hydrogen-bond donors (Lipinski definition) is 2. The Labute approximate surface area is 124 Å². The number of ether oxygens (including phenoxy) is 1. The summed E-state index contributed by atoms with van der Waals surface area (Å²) in [7, 11) is 0. The number of benzene rings is 2. The van der Waals surface area contributed by atoms with Gasteiger partial charge in [0.15, 0.2) is 12.3 Å². The molecule has 0 aliphatic heterocycles. The normalized spacial score (nSPS) is 10.3. The Morgan fingerprint density at radius 3 is 2.77 bits per heavy atom. The van der Waals surface area contributed by atoms with Crippen LogP contribution in [0, 0.1) is 11.3 Å². The highest BCUT2D eigenvalue weighted by atomic mass is 16.5. The summed E-state index contributed by atoms with van der Waals surface area (Å²) in [5, 5.41) is 29.5. The maximum absolute atomic E-state index is 10.7. The molecule has 2 aromatic carbocycles. The lowest BCUT2D eigenvalue weighted by atomic mass is 10.0. The summed E-state index contributed by atoms with van der Waals surface area (Å²) < 4.78 is 5.30. The number of rotatable bonds is 4. The molecule has 0 aliphatic rings. The highest BCUT2D eigenvalue weighted by Crippen LogP contribution is 2.34. The molecular weight excluding hydrogens is 284 g/mol. The Morgan fingerprint density at radius 1 is 1.27 bits per heavy atom. The van der Waals surface area contributed by atoms with E-state index in [0.29, 0.717) is 11.4 Å². The number of aromatic nitrogens is 3. The van der Waals surface area contributed by atoms with Gasteiger partial charge in [-0.3, -0.25) is 0 Å². The summed E-state index contributed by atoms with van der Waals surface area (Å²) in [6.45, 7) is -0.420. The number of fused-ring (bicyclic) bond motifs is 1. The number of H-pyrrole nitrogens is 1. The fourth-order valence-electron chi connectivity index (χ4n) is 2.24. The molecule has 0 saturated heterocycles. The monoisotopic (exact) mass is 294 g/mol. The van der Waals surface area contributed by atoms with Crippen LogP contribution in [0.5, 0.6) is 5.75 Å². The first-order valence-electron chi connectivity index (χ1n) is 6.38. The van der Waals surface area contributed by atoms with Gasteiger partial charge in [-0.2, -0.15) is 5.26 Å². The molecule has 1 heterocycles. The summed E-state index contributed by atoms with van der Waals surface area (Å²) >= 11 is 0. The fraction of sp³-hybridized carbons (Fsp3) is 0.0667. The van der Waals surface area contributed by atoms with Gasteiger partial charge in [0.2, 0.25) is 0 Å². The zero-order valence-electron chi connectivity index (χ0n) is 11.3. The van der Waals surface area contributed by atoms with Crippen molar-refractivity contribution in [3.8, 4) is 23.1 Å². The second kappa shape index (κ2) is 5.54. The zero-order chi connectivity index (χ0) is 15.5. The van der Waals surface area contributed by atoms with E-state index in [9.17, 15) is 4.79 Å². The van der Waals surface area contributed by atoms with E-state index < -0.39 is 12.6 Å². The van der Waals surface area contributed by atoms with Crippen molar-refractivity contribution in [2.75, 3.05) is 6.61 Å². The standard InChI is InChI=1S/C15H10N4O3/c16-7-12-15(18-19-17-12)11-5-6-13(22-8-14(20)21)10-4-2-1-3-9(10)11/h1-6H,8H2,(H,20,21)(H,17,18,19). The average Bonchev–Trinajstić information content (AvgIpc) is 3.00. The van der Waals surface area contributed by atoms with Crippen LogP contribution in [-0.4, -0.2) is 33.1 Å². The van der Waals surface area contributed by atoms with Gasteiger partial charge >= 0.3 is 5.97 Å². The summed E-state index contributed by atoms with van der Waals surface area (Å²) in [6, 6.07) is 12.8. The van der Waals surface area contributed by atoms with E-state index in [1.54, 1.807) is 12.1 Å². The van der Waals surface area contributed by atoms with Crippen LogP contribution in [-0.2, 0) is 4.79 Å². The molecule has 0 saturated carbocycles. The van der Waals surface area contributed by atoms with Gasteiger partial charge in [-0.25, -0.2) is 9.89 Å². The van der Waals surface area contributed by atoms with Crippen LogP contribution in [0.2, 0.25) is 0 Å². The van der Waals surface area contributed by atoms with E-state index in [0.717, 1.165) is 16.3 Å². The van der Waals surface area contributed by atoms with Gasteiger partial charge in [0.1, 0.15) is 17.5 Å². The molecule has 0 aliphatic carbocycles. The highest BCUT2D eigenvalue weighted by Gasteiger charge is 2.15. The second-order valence-corrected chi connectivity index (χ2v) is 4.49. The van der Waals surface area contributed by atoms with E-state index in [1.807, 2.05) is 30.3 Å². The fourth-order valence-corrected chi connectivity index (χ4v) is 2.24. The Hall–Kier alpha value is -3.40. The highest BCUT2D eigenvalue weighted by molar-refractivity contribution is 6.00. The van der Waals surface area contributed by atoms with Crippen LogP contribution < -0.4 is 4.74 Å². The average molecular weight is 294 g/mol. The molecule has 2 N–H and O–H groups in total. The minimum absolute atomic E-state index is 0.268. The topological polar surface area (TPSA) is 112 Å². The number of carboxylic acids is 1. The minimum Gasteiger partial charge on any atom is -0.481 e. The van der Waals surface area contributed by atoms with E-state index in [-0.39, 0.29) is 5.69 Å². The molecule has 0 radical (unpaired) electrons. The molecule has 0 fully saturated rings. The third-order valence-electron chi connectivity index (χ3n) is 3.15. The number of nitrogens with zero attached hydrogens (tertiary/aromatic N) is 3. The van der Waals surface area contributed by atoms with E-state index in [1.165, 1.54) is 0 Å². The van der Waals surface area contributed by atoms with Crippen molar-refractivity contribution in [2.45, 2.75) is 0 Å². The summed E-state index contributed by atoms with van der Waals surface area (Å²) in [5.41, 5.74) is 1.44. The first-order chi connectivity index (χ1) is 10.7. The molecule has 0 atom stereocenters. The SMILES string of the molecule is N#Cc1[nH]nnc1-c1ccc(OCC(=O)O)c2ccccc12. The summed E-state index contributed by atoms with van der Waals surface area (Å²) in [5.74, 6) is -0.583. The molecule has 108 valence electrons. The largest absolute Gasteiger partial charge is 0.481 e. The number of nitrogens with one attached hydrogen (secondary N) is 1. The maximum atomic E-state index is 10.7. The van der Waals surface area contributed by atoms with Gasteiger partial charge in [0, 0.05) is 10.9 Å². The Balaban J connectivity index is 2.17. The van der Waals surface area contributed by atoms with Gasteiger partial charge in [-0.05, 0) is 17.5 Å². The Bertz CT molecular complexity index is 895. The molecule has 3 aromatic rings. The van der Waals surface area contributed by atoms with Crippen molar-refractivity contribution in [2.24, 2.45) is 0 Å². The second-order valence-electron chi connectivity index (χ2n) is 4.49. The van der Waals surface area contributed by atoms with Crippen molar-refractivity contribution >= 4 is 16.7 Å². The molecule has 7 heteroatoms. The molecule has 0 unspecified atom stereocenters. The molecule has 22 heavy (non-hydrogen) atoms. The van der Waals surface area contributed by atoms with Crippen molar-refractivity contribution in [3.05, 3.63) is 42.1 Å². The number of nitriles is 1. The first kappa shape index (κ1) is 13.6. The van der Waals surface area contributed by atoms with E-state index >= 15 is 0 Å². The molecule has 0 amide bonds. The maximum Gasteiger partial charge on any atom is 0.341 e. The van der Waals surface area contributed by atoms with Crippen LogP contribution in [0.3, 0.4) is 0 Å². The molecule has 7 nitrogen and oxygen atoms in total. The summed E-state index contributed by atoms with van der Waals surface area (Å²) in [4.78, 5) is 10.7. The third-order valence-corrected chi connectivity index (χ3v) is 3.15. The lowest BCUT2D eigenvalue weighted by molar-refractivity contribution is -0.139. The number of aliphatic carboxylic acids is 1. The number of aromatic amines is 1. The smallest absolute Gasteiger partial charge is 0.341 e. The van der Waals surface area contributed by atoms with Crippen molar-refractivity contribution in [1.82, 2.24) is 15.4 Å². The quantitative estimate of drug-likeness (QED) is 0.760. The Kier molecular flexibility index (Phi) is 3.42. The molecule has 0 bridgehead atoms. The van der Waals surface area contributed by atoms with Gasteiger partial charge < -0.3 is 9.84 Å². The lowest BCUT2D eigenvalue weighted by Crippen LogP contribution is -2.09.